The van der Waals surface area contributed by atoms with E-state index in [0.29, 0.717) is 19.6 Å². The molecule has 0 spiro atoms. The van der Waals surface area contributed by atoms with Crippen LogP contribution in [-0.4, -0.2) is 31.1 Å². The maximum absolute atomic E-state index is 11.2. The fourth-order valence-corrected chi connectivity index (χ4v) is 1.75. The van der Waals surface area contributed by atoms with Gasteiger partial charge in [0.1, 0.15) is 0 Å². The Morgan fingerprint density at radius 2 is 2.24 bits per heavy atom. The van der Waals surface area contributed by atoms with Gasteiger partial charge in [0.25, 0.3) is 0 Å². The number of hydrogen-bond donors (Lipinski definition) is 0. The molecule has 0 amide bonds. The third-order valence-electron chi connectivity index (χ3n) is 2.34. The van der Waals surface area contributed by atoms with Crippen molar-refractivity contribution in [2.24, 2.45) is 0 Å². The smallest absolute Gasteiger partial charge is 0.307 e. The number of halogens is 1. The quantitative estimate of drug-likeness (QED) is 0.732. The van der Waals surface area contributed by atoms with Crippen molar-refractivity contribution in [2.45, 2.75) is 19.9 Å². The lowest BCUT2D eigenvalue weighted by molar-refractivity contribution is -0.143. The first kappa shape index (κ1) is 14.0. The minimum absolute atomic E-state index is 0.148. The summed E-state index contributed by atoms with van der Waals surface area (Å²) in [6.07, 6.45) is 0.422. The highest BCUT2D eigenvalue weighted by Crippen LogP contribution is 2.12. The SMILES string of the molecule is CCOC(=O)CCN(C)Cc1cccc(Cl)c1. The van der Waals surface area contributed by atoms with Gasteiger partial charge in [0.15, 0.2) is 0 Å². The summed E-state index contributed by atoms with van der Waals surface area (Å²) >= 11 is 5.90. The number of rotatable bonds is 6. The molecule has 1 rings (SSSR count). The first-order valence-corrected chi connectivity index (χ1v) is 6.08. The van der Waals surface area contributed by atoms with E-state index in [1.807, 2.05) is 38.2 Å². The van der Waals surface area contributed by atoms with E-state index in [-0.39, 0.29) is 5.97 Å². The van der Waals surface area contributed by atoms with Crippen molar-refractivity contribution in [1.82, 2.24) is 4.90 Å². The Morgan fingerprint density at radius 3 is 2.88 bits per heavy atom. The first-order chi connectivity index (χ1) is 8.11. The molecule has 1 aromatic rings. The van der Waals surface area contributed by atoms with Gasteiger partial charge in [-0.3, -0.25) is 4.79 Å². The van der Waals surface area contributed by atoms with Gasteiger partial charge in [0.2, 0.25) is 0 Å². The topological polar surface area (TPSA) is 29.5 Å². The molecule has 0 saturated carbocycles. The van der Waals surface area contributed by atoms with Crippen LogP contribution in [0.3, 0.4) is 0 Å². The van der Waals surface area contributed by atoms with Crippen LogP contribution in [-0.2, 0) is 16.1 Å². The van der Waals surface area contributed by atoms with Crippen LogP contribution in [0, 0.1) is 0 Å². The highest BCUT2D eigenvalue weighted by atomic mass is 35.5. The molecule has 0 aromatic heterocycles. The van der Waals surface area contributed by atoms with Crippen LogP contribution in [0.2, 0.25) is 5.02 Å². The molecule has 0 saturated heterocycles. The molecule has 0 fully saturated rings. The van der Waals surface area contributed by atoms with Gasteiger partial charge in [-0.05, 0) is 31.7 Å². The Labute approximate surface area is 107 Å². The summed E-state index contributed by atoms with van der Waals surface area (Å²) in [4.78, 5) is 13.3. The predicted molar refractivity (Wildman–Crippen MR) is 69.0 cm³/mol. The van der Waals surface area contributed by atoms with Crippen LogP contribution in [0.1, 0.15) is 18.9 Å². The molecule has 4 heteroatoms. The van der Waals surface area contributed by atoms with Crippen molar-refractivity contribution < 1.29 is 9.53 Å². The van der Waals surface area contributed by atoms with Gasteiger partial charge in [-0.15, -0.1) is 0 Å². The van der Waals surface area contributed by atoms with Crippen molar-refractivity contribution in [2.75, 3.05) is 20.2 Å². The molecule has 0 N–H and O–H groups in total. The standard InChI is InChI=1S/C13H18ClNO2/c1-3-17-13(16)7-8-15(2)10-11-5-4-6-12(14)9-11/h4-6,9H,3,7-8,10H2,1-2H3. The Kier molecular flexibility index (Phi) is 6.01. The monoisotopic (exact) mass is 255 g/mol. The average molecular weight is 256 g/mol. The molecular formula is C13H18ClNO2. The molecular weight excluding hydrogens is 238 g/mol. The Morgan fingerprint density at radius 1 is 1.47 bits per heavy atom. The lowest BCUT2D eigenvalue weighted by Crippen LogP contribution is -2.22. The second-order valence-corrected chi connectivity index (χ2v) is 4.36. The molecule has 1 aromatic carbocycles. The summed E-state index contributed by atoms with van der Waals surface area (Å²) < 4.78 is 4.87. The largest absolute Gasteiger partial charge is 0.466 e. The zero-order chi connectivity index (χ0) is 12.7. The van der Waals surface area contributed by atoms with Gasteiger partial charge in [-0.25, -0.2) is 0 Å². The van der Waals surface area contributed by atoms with E-state index in [2.05, 4.69) is 4.90 Å². The number of esters is 1. The van der Waals surface area contributed by atoms with E-state index >= 15 is 0 Å². The summed E-state index contributed by atoms with van der Waals surface area (Å²) in [5, 5.41) is 0.737. The van der Waals surface area contributed by atoms with Gasteiger partial charge in [0.05, 0.1) is 13.0 Å². The molecule has 0 bridgehead atoms. The molecule has 0 atom stereocenters. The van der Waals surface area contributed by atoms with Crippen LogP contribution < -0.4 is 0 Å². The van der Waals surface area contributed by atoms with Crippen LogP contribution >= 0.6 is 11.6 Å². The van der Waals surface area contributed by atoms with Crippen molar-refractivity contribution in [3.8, 4) is 0 Å². The van der Waals surface area contributed by atoms with Crippen LogP contribution in [0.5, 0.6) is 0 Å². The van der Waals surface area contributed by atoms with Gasteiger partial charge >= 0.3 is 5.97 Å². The third kappa shape index (κ3) is 5.71. The van der Waals surface area contributed by atoms with Crippen molar-refractivity contribution in [1.29, 1.82) is 0 Å². The predicted octanol–water partition coefficient (Wildman–Crippen LogP) is 2.73. The van der Waals surface area contributed by atoms with E-state index in [0.717, 1.165) is 17.1 Å². The van der Waals surface area contributed by atoms with Crippen molar-refractivity contribution >= 4 is 17.6 Å². The van der Waals surface area contributed by atoms with Gasteiger partial charge in [-0.2, -0.15) is 0 Å². The van der Waals surface area contributed by atoms with Crippen LogP contribution in [0.25, 0.3) is 0 Å². The second-order valence-electron chi connectivity index (χ2n) is 3.92. The second kappa shape index (κ2) is 7.30. The van der Waals surface area contributed by atoms with Crippen molar-refractivity contribution in [3.05, 3.63) is 34.9 Å². The summed E-state index contributed by atoms with van der Waals surface area (Å²) in [6, 6.07) is 7.73. The Bertz CT molecular complexity index is 368. The number of carbonyl (C=O) groups is 1. The Hall–Kier alpha value is -1.06. The molecule has 0 heterocycles. The molecule has 0 aliphatic rings. The van der Waals surface area contributed by atoms with E-state index in [1.54, 1.807) is 0 Å². The van der Waals surface area contributed by atoms with Crippen LogP contribution in [0.4, 0.5) is 0 Å². The normalized spacial score (nSPS) is 10.6. The van der Waals surface area contributed by atoms with Crippen LogP contribution in [0.15, 0.2) is 24.3 Å². The number of benzene rings is 1. The number of ether oxygens (including phenoxy) is 1. The number of carbonyl (C=O) groups excluding carboxylic acids is 1. The van der Waals surface area contributed by atoms with E-state index in [4.69, 9.17) is 16.3 Å². The molecule has 0 unspecified atom stereocenters. The molecule has 94 valence electrons. The molecule has 3 nitrogen and oxygen atoms in total. The van der Waals surface area contributed by atoms with Gasteiger partial charge in [0, 0.05) is 18.1 Å². The Balaban J connectivity index is 2.34. The number of nitrogens with zero attached hydrogens (tertiary/aromatic N) is 1. The van der Waals surface area contributed by atoms with E-state index < -0.39 is 0 Å². The minimum Gasteiger partial charge on any atom is -0.466 e. The lowest BCUT2D eigenvalue weighted by Gasteiger charge is -2.16. The molecule has 0 radical (unpaired) electrons. The summed E-state index contributed by atoms with van der Waals surface area (Å²) in [5.41, 5.74) is 1.14. The van der Waals surface area contributed by atoms with E-state index in [1.165, 1.54) is 0 Å². The maximum Gasteiger partial charge on any atom is 0.307 e. The fourth-order valence-electron chi connectivity index (χ4n) is 1.54. The molecule has 17 heavy (non-hydrogen) atoms. The van der Waals surface area contributed by atoms with Gasteiger partial charge < -0.3 is 9.64 Å². The van der Waals surface area contributed by atoms with Crippen molar-refractivity contribution in [3.63, 3.8) is 0 Å². The highest BCUT2D eigenvalue weighted by molar-refractivity contribution is 6.30. The maximum atomic E-state index is 11.2. The zero-order valence-electron chi connectivity index (χ0n) is 10.3. The summed E-state index contributed by atoms with van der Waals surface area (Å²) in [5.74, 6) is -0.148. The lowest BCUT2D eigenvalue weighted by atomic mass is 10.2. The average Bonchev–Trinajstić information content (AvgIpc) is 2.27. The minimum atomic E-state index is -0.148. The van der Waals surface area contributed by atoms with Gasteiger partial charge in [-0.1, -0.05) is 23.7 Å². The van der Waals surface area contributed by atoms with E-state index in [9.17, 15) is 4.79 Å². The third-order valence-corrected chi connectivity index (χ3v) is 2.58. The first-order valence-electron chi connectivity index (χ1n) is 5.70. The molecule has 0 aliphatic heterocycles. The summed E-state index contributed by atoms with van der Waals surface area (Å²) in [7, 11) is 1.97. The molecule has 0 aliphatic carbocycles. The fraction of sp³-hybridized carbons (Fsp3) is 0.462. The highest BCUT2D eigenvalue weighted by Gasteiger charge is 2.05. The summed E-state index contributed by atoms with van der Waals surface area (Å²) in [6.45, 7) is 3.72. The number of hydrogen-bond acceptors (Lipinski definition) is 3. The zero-order valence-corrected chi connectivity index (χ0v) is 11.0.